The molecule has 3 heteroatoms. The summed E-state index contributed by atoms with van der Waals surface area (Å²) in [5.74, 6) is 2.42. The van der Waals surface area contributed by atoms with E-state index in [1.165, 1.54) is 0 Å². The second kappa shape index (κ2) is 6.55. The topological polar surface area (TPSA) is 18.5 Å². The molecule has 0 atom stereocenters. The van der Waals surface area contributed by atoms with Crippen LogP contribution in [0.1, 0.15) is 12.8 Å². The quantitative estimate of drug-likeness (QED) is 0.535. The molecular weight excluding hydrogens is 200 g/mol. The van der Waals surface area contributed by atoms with Crippen molar-refractivity contribution < 1.29 is 9.47 Å². The first kappa shape index (κ1) is 11.2. The van der Waals surface area contributed by atoms with E-state index in [4.69, 9.17) is 21.1 Å². The number of ether oxygens (including phenoxy) is 2. The average Bonchev–Trinajstić information content (AvgIpc) is 2.25. The SMILES string of the molecule is COc1ccc(OCCCCCl)cc1. The second-order valence-corrected chi connectivity index (χ2v) is 3.30. The van der Waals surface area contributed by atoms with Crippen molar-refractivity contribution in [2.45, 2.75) is 12.8 Å². The monoisotopic (exact) mass is 214 g/mol. The van der Waals surface area contributed by atoms with E-state index < -0.39 is 0 Å². The highest BCUT2D eigenvalue weighted by molar-refractivity contribution is 6.17. The maximum atomic E-state index is 5.55. The Morgan fingerprint density at radius 1 is 1.07 bits per heavy atom. The largest absolute Gasteiger partial charge is 0.497 e. The molecule has 0 saturated carbocycles. The van der Waals surface area contributed by atoms with Gasteiger partial charge in [-0.3, -0.25) is 0 Å². The Labute approximate surface area is 89.8 Å². The summed E-state index contributed by atoms with van der Waals surface area (Å²) < 4.78 is 10.5. The van der Waals surface area contributed by atoms with Crippen molar-refractivity contribution in [3.63, 3.8) is 0 Å². The number of alkyl halides is 1. The third kappa shape index (κ3) is 3.88. The first-order valence-electron chi connectivity index (χ1n) is 4.69. The van der Waals surface area contributed by atoms with Gasteiger partial charge in [0.25, 0.3) is 0 Å². The Hall–Kier alpha value is -0.890. The van der Waals surface area contributed by atoms with Gasteiger partial charge in [0.05, 0.1) is 13.7 Å². The molecule has 0 heterocycles. The number of halogens is 1. The third-order valence-corrected chi connectivity index (χ3v) is 2.12. The second-order valence-electron chi connectivity index (χ2n) is 2.92. The Morgan fingerprint density at radius 2 is 1.71 bits per heavy atom. The van der Waals surface area contributed by atoms with Crippen molar-refractivity contribution in [1.82, 2.24) is 0 Å². The molecule has 0 aliphatic rings. The summed E-state index contributed by atoms with van der Waals surface area (Å²) in [5.41, 5.74) is 0. The summed E-state index contributed by atoms with van der Waals surface area (Å²) >= 11 is 5.55. The fraction of sp³-hybridized carbons (Fsp3) is 0.455. The lowest BCUT2D eigenvalue weighted by Gasteiger charge is -2.05. The lowest BCUT2D eigenvalue weighted by Crippen LogP contribution is -1.97. The summed E-state index contributed by atoms with van der Waals surface area (Å²) in [7, 11) is 1.65. The van der Waals surface area contributed by atoms with Gasteiger partial charge in [-0.2, -0.15) is 0 Å². The molecule has 1 aromatic rings. The fourth-order valence-electron chi connectivity index (χ4n) is 1.06. The minimum atomic E-state index is 0.700. The normalized spacial score (nSPS) is 9.86. The number of hydrogen-bond donors (Lipinski definition) is 0. The van der Waals surface area contributed by atoms with Gasteiger partial charge in [-0.05, 0) is 37.1 Å². The summed E-state index contributed by atoms with van der Waals surface area (Å²) in [6.45, 7) is 0.721. The highest BCUT2D eigenvalue weighted by Crippen LogP contribution is 2.17. The van der Waals surface area contributed by atoms with Crippen LogP contribution in [0.5, 0.6) is 11.5 Å². The maximum Gasteiger partial charge on any atom is 0.119 e. The predicted octanol–water partition coefficient (Wildman–Crippen LogP) is 3.09. The molecule has 0 N–H and O–H groups in total. The molecule has 0 amide bonds. The Balaban J connectivity index is 2.29. The van der Waals surface area contributed by atoms with E-state index in [1.807, 2.05) is 24.3 Å². The number of methoxy groups -OCH3 is 1. The van der Waals surface area contributed by atoms with E-state index in [1.54, 1.807) is 7.11 Å². The molecule has 0 fully saturated rings. The van der Waals surface area contributed by atoms with Gasteiger partial charge < -0.3 is 9.47 Å². The highest BCUT2D eigenvalue weighted by Gasteiger charge is 1.94. The minimum Gasteiger partial charge on any atom is -0.497 e. The number of unbranched alkanes of at least 4 members (excludes halogenated alkanes) is 1. The molecule has 2 nitrogen and oxygen atoms in total. The Morgan fingerprint density at radius 3 is 2.29 bits per heavy atom. The van der Waals surface area contributed by atoms with E-state index in [2.05, 4.69) is 0 Å². The molecule has 0 unspecified atom stereocenters. The van der Waals surface area contributed by atoms with Crippen molar-refractivity contribution >= 4 is 11.6 Å². The van der Waals surface area contributed by atoms with Gasteiger partial charge in [0.1, 0.15) is 11.5 Å². The molecule has 0 aliphatic carbocycles. The third-order valence-electron chi connectivity index (χ3n) is 1.86. The minimum absolute atomic E-state index is 0.700. The van der Waals surface area contributed by atoms with Gasteiger partial charge in [0.2, 0.25) is 0 Å². The van der Waals surface area contributed by atoms with Crippen molar-refractivity contribution in [3.05, 3.63) is 24.3 Å². The van der Waals surface area contributed by atoms with E-state index in [0.29, 0.717) is 5.88 Å². The molecule has 0 spiro atoms. The van der Waals surface area contributed by atoms with Gasteiger partial charge in [-0.25, -0.2) is 0 Å². The first-order valence-corrected chi connectivity index (χ1v) is 5.23. The number of hydrogen-bond acceptors (Lipinski definition) is 2. The molecule has 0 saturated heterocycles. The summed E-state index contributed by atoms with van der Waals surface area (Å²) in [5, 5.41) is 0. The average molecular weight is 215 g/mol. The van der Waals surface area contributed by atoms with Crippen LogP contribution in [-0.4, -0.2) is 19.6 Å². The molecule has 1 aromatic carbocycles. The van der Waals surface area contributed by atoms with Crippen molar-refractivity contribution in [2.24, 2.45) is 0 Å². The van der Waals surface area contributed by atoms with E-state index in [0.717, 1.165) is 30.9 Å². The van der Waals surface area contributed by atoms with Crippen LogP contribution in [0.25, 0.3) is 0 Å². The van der Waals surface area contributed by atoms with Gasteiger partial charge in [-0.1, -0.05) is 0 Å². The Bertz CT molecular complexity index is 246. The highest BCUT2D eigenvalue weighted by atomic mass is 35.5. The van der Waals surface area contributed by atoms with Crippen molar-refractivity contribution in [1.29, 1.82) is 0 Å². The number of rotatable bonds is 6. The van der Waals surface area contributed by atoms with Crippen molar-refractivity contribution in [3.8, 4) is 11.5 Å². The summed E-state index contributed by atoms with van der Waals surface area (Å²) in [6.07, 6.45) is 1.99. The summed E-state index contributed by atoms with van der Waals surface area (Å²) in [4.78, 5) is 0. The molecule has 0 bridgehead atoms. The molecule has 1 rings (SSSR count). The molecule has 0 aliphatic heterocycles. The smallest absolute Gasteiger partial charge is 0.119 e. The standard InChI is InChI=1S/C11H15ClO2/c1-13-10-4-6-11(7-5-10)14-9-3-2-8-12/h4-7H,2-3,8-9H2,1H3. The van der Waals surface area contributed by atoms with Crippen LogP contribution in [0, 0.1) is 0 Å². The first-order chi connectivity index (χ1) is 6.86. The number of benzene rings is 1. The van der Waals surface area contributed by atoms with E-state index in [9.17, 15) is 0 Å². The molecule has 0 aromatic heterocycles. The van der Waals surface area contributed by atoms with Gasteiger partial charge in [0, 0.05) is 5.88 Å². The zero-order valence-electron chi connectivity index (χ0n) is 8.33. The van der Waals surface area contributed by atoms with Gasteiger partial charge in [0.15, 0.2) is 0 Å². The zero-order chi connectivity index (χ0) is 10.2. The van der Waals surface area contributed by atoms with Crippen LogP contribution in [0.2, 0.25) is 0 Å². The van der Waals surface area contributed by atoms with Crippen molar-refractivity contribution in [2.75, 3.05) is 19.6 Å². The Kier molecular flexibility index (Phi) is 5.23. The molecule has 0 radical (unpaired) electrons. The van der Waals surface area contributed by atoms with Crippen LogP contribution in [0.3, 0.4) is 0 Å². The lowest BCUT2D eigenvalue weighted by molar-refractivity contribution is 0.309. The van der Waals surface area contributed by atoms with E-state index >= 15 is 0 Å². The molecule has 78 valence electrons. The van der Waals surface area contributed by atoms with Gasteiger partial charge >= 0.3 is 0 Å². The van der Waals surface area contributed by atoms with Gasteiger partial charge in [-0.15, -0.1) is 11.6 Å². The van der Waals surface area contributed by atoms with Crippen LogP contribution < -0.4 is 9.47 Å². The van der Waals surface area contributed by atoms with Crippen LogP contribution in [0.4, 0.5) is 0 Å². The lowest BCUT2D eigenvalue weighted by atomic mass is 10.3. The fourth-order valence-corrected chi connectivity index (χ4v) is 1.25. The zero-order valence-corrected chi connectivity index (χ0v) is 9.09. The predicted molar refractivity (Wildman–Crippen MR) is 58.4 cm³/mol. The van der Waals surface area contributed by atoms with Crippen LogP contribution in [-0.2, 0) is 0 Å². The molecular formula is C11H15ClO2. The van der Waals surface area contributed by atoms with Crippen LogP contribution >= 0.6 is 11.6 Å². The maximum absolute atomic E-state index is 5.55. The van der Waals surface area contributed by atoms with Crippen LogP contribution in [0.15, 0.2) is 24.3 Å². The summed E-state index contributed by atoms with van der Waals surface area (Å²) in [6, 6.07) is 7.58. The molecule has 14 heavy (non-hydrogen) atoms. The van der Waals surface area contributed by atoms with E-state index in [-0.39, 0.29) is 0 Å².